The minimum absolute atomic E-state index is 0.426. The molecular formula is C24H23OP. The number of hydrogen-bond acceptors (Lipinski definition) is 1. The van der Waals surface area contributed by atoms with Gasteiger partial charge < -0.3 is 4.57 Å². The van der Waals surface area contributed by atoms with Crippen molar-refractivity contribution in [2.75, 3.05) is 0 Å². The van der Waals surface area contributed by atoms with Crippen LogP contribution < -0.4 is 5.30 Å². The predicted octanol–water partition coefficient (Wildman–Crippen LogP) is 6.43. The summed E-state index contributed by atoms with van der Waals surface area (Å²) in [5.74, 6) is 0. The highest BCUT2D eigenvalue weighted by Crippen LogP contribution is 2.77. The van der Waals surface area contributed by atoms with Gasteiger partial charge >= 0.3 is 0 Å². The third-order valence-corrected chi connectivity index (χ3v) is 9.69. The zero-order chi connectivity index (χ0) is 18.2. The van der Waals surface area contributed by atoms with Crippen molar-refractivity contribution in [3.05, 3.63) is 108 Å². The Hall–Kier alpha value is -2.37. The summed E-state index contributed by atoms with van der Waals surface area (Å²) < 4.78 is 15.0. The molecule has 3 aromatic rings. The van der Waals surface area contributed by atoms with Gasteiger partial charge in [-0.2, -0.15) is 0 Å². The second kappa shape index (κ2) is 6.41. The van der Waals surface area contributed by atoms with E-state index in [1.54, 1.807) is 0 Å². The molecule has 1 nitrogen and oxygen atoms in total. The van der Waals surface area contributed by atoms with Gasteiger partial charge in [0.25, 0.3) is 0 Å². The van der Waals surface area contributed by atoms with Crippen molar-refractivity contribution in [2.24, 2.45) is 0 Å². The maximum Gasteiger partial charge on any atom is 0.153 e. The normalized spacial score (nSPS) is 25.5. The van der Waals surface area contributed by atoms with Gasteiger partial charge in [0.05, 0.1) is 5.16 Å². The van der Waals surface area contributed by atoms with Gasteiger partial charge in [0.15, 0.2) is 7.14 Å². The molecule has 0 aliphatic carbocycles. The zero-order valence-electron chi connectivity index (χ0n) is 15.2. The van der Waals surface area contributed by atoms with Gasteiger partial charge in [0.2, 0.25) is 0 Å². The molecule has 0 amide bonds. The van der Waals surface area contributed by atoms with E-state index in [0.717, 1.165) is 28.2 Å². The standard InChI is InChI=1S/C24H23OP/c1-19-18-24(2,21-14-8-4-9-15-21)26(25,22-16-10-5-11-17-22)23(19)20-12-6-3-7-13-20/h3-17H,18H2,1-2H3/t24-,26-/m0/s1. The molecule has 4 rings (SSSR count). The molecule has 0 saturated carbocycles. The van der Waals surface area contributed by atoms with Crippen LogP contribution in [0, 0.1) is 0 Å². The first-order chi connectivity index (χ1) is 12.6. The molecule has 0 spiro atoms. The predicted molar refractivity (Wildman–Crippen MR) is 111 cm³/mol. The largest absolute Gasteiger partial charge is 0.313 e. The van der Waals surface area contributed by atoms with Crippen molar-refractivity contribution in [1.29, 1.82) is 0 Å². The molecule has 1 heterocycles. The first kappa shape index (κ1) is 17.1. The van der Waals surface area contributed by atoms with E-state index in [4.69, 9.17) is 0 Å². The van der Waals surface area contributed by atoms with Crippen LogP contribution >= 0.6 is 7.14 Å². The third-order valence-electron chi connectivity index (χ3n) is 5.59. The summed E-state index contributed by atoms with van der Waals surface area (Å²) >= 11 is 0. The lowest BCUT2D eigenvalue weighted by Gasteiger charge is -2.35. The van der Waals surface area contributed by atoms with E-state index in [0.29, 0.717) is 0 Å². The van der Waals surface area contributed by atoms with Gasteiger partial charge in [-0.25, -0.2) is 0 Å². The Balaban J connectivity index is 2.02. The fraction of sp³-hybridized carbons (Fsp3) is 0.167. The molecule has 0 N–H and O–H groups in total. The van der Waals surface area contributed by atoms with E-state index >= 15 is 0 Å². The van der Waals surface area contributed by atoms with Crippen LogP contribution in [0.2, 0.25) is 0 Å². The lowest BCUT2D eigenvalue weighted by molar-refractivity contribution is 0.552. The Morgan fingerprint density at radius 3 is 1.85 bits per heavy atom. The minimum atomic E-state index is -2.87. The molecule has 3 aromatic carbocycles. The number of allylic oxidation sites excluding steroid dienone is 1. The maximum absolute atomic E-state index is 15.0. The molecule has 130 valence electrons. The number of benzene rings is 3. The Morgan fingerprint density at radius 1 is 0.769 bits per heavy atom. The molecule has 1 aliphatic rings. The van der Waals surface area contributed by atoms with Crippen LogP contribution in [0.4, 0.5) is 0 Å². The summed E-state index contributed by atoms with van der Waals surface area (Å²) in [4.78, 5) is 0. The Bertz CT molecular complexity index is 990. The summed E-state index contributed by atoms with van der Waals surface area (Å²) in [6.07, 6.45) is 0.813. The summed E-state index contributed by atoms with van der Waals surface area (Å²) in [6, 6.07) is 30.7. The highest BCUT2D eigenvalue weighted by Gasteiger charge is 2.54. The summed E-state index contributed by atoms with van der Waals surface area (Å²) in [7, 11) is -2.87. The average molecular weight is 358 g/mol. The lowest BCUT2D eigenvalue weighted by atomic mass is 9.93. The fourth-order valence-corrected chi connectivity index (χ4v) is 8.40. The van der Waals surface area contributed by atoms with Crippen LogP contribution in [-0.4, -0.2) is 0 Å². The van der Waals surface area contributed by atoms with E-state index in [2.05, 4.69) is 38.1 Å². The highest BCUT2D eigenvalue weighted by atomic mass is 31.2. The lowest BCUT2D eigenvalue weighted by Crippen LogP contribution is -2.24. The molecule has 0 radical (unpaired) electrons. The molecular weight excluding hydrogens is 335 g/mol. The van der Waals surface area contributed by atoms with E-state index in [-0.39, 0.29) is 0 Å². The first-order valence-corrected chi connectivity index (χ1v) is 10.7. The topological polar surface area (TPSA) is 17.1 Å². The van der Waals surface area contributed by atoms with Crippen molar-refractivity contribution < 1.29 is 4.57 Å². The Labute approximate surface area is 155 Å². The van der Waals surface area contributed by atoms with Gasteiger partial charge in [-0.05, 0) is 31.4 Å². The van der Waals surface area contributed by atoms with Crippen LogP contribution in [0.3, 0.4) is 0 Å². The third kappa shape index (κ3) is 2.42. The highest BCUT2D eigenvalue weighted by molar-refractivity contribution is 7.82. The second-order valence-electron chi connectivity index (χ2n) is 7.26. The van der Waals surface area contributed by atoms with Gasteiger partial charge in [-0.15, -0.1) is 0 Å². The van der Waals surface area contributed by atoms with Crippen molar-refractivity contribution in [3.63, 3.8) is 0 Å². The van der Waals surface area contributed by atoms with Crippen molar-refractivity contribution in [3.8, 4) is 0 Å². The van der Waals surface area contributed by atoms with Crippen molar-refractivity contribution in [1.82, 2.24) is 0 Å². The van der Waals surface area contributed by atoms with Crippen LogP contribution in [0.25, 0.3) is 5.31 Å². The van der Waals surface area contributed by atoms with E-state index < -0.39 is 12.3 Å². The zero-order valence-corrected chi connectivity index (χ0v) is 16.1. The van der Waals surface area contributed by atoms with Crippen LogP contribution in [0.1, 0.15) is 31.4 Å². The second-order valence-corrected chi connectivity index (χ2v) is 10.4. The molecule has 2 heteroatoms. The van der Waals surface area contributed by atoms with Gasteiger partial charge in [0.1, 0.15) is 0 Å². The van der Waals surface area contributed by atoms with Crippen LogP contribution in [0.5, 0.6) is 0 Å². The first-order valence-electron chi connectivity index (χ1n) is 9.04. The van der Waals surface area contributed by atoms with Crippen LogP contribution in [-0.2, 0) is 9.72 Å². The molecule has 1 aliphatic heterocycles. The SMILES string of the molecule is CC1=C(c2ccccc2)[P@@](=O)(c2ccccc2)[C@](C)(c2ccccc2)C1. The smallest absolute Gasteiger partial charge is 0.153 e. The summed E-state index contributed by atoms with van der Waals surface area (Å²) in [5, 5.41) is 1.56. The average Bonchev–Trinajstić information content (AvgIpc) is 2.91. The molecule has 2 atom stereocenters. The summed E-state index contributed by atoms with van der Waals surface area (Å²) in [5.41, 5.74) is 3.46. The van der Waals surface area contributed by atoms with Crippen molar-refractivity contribution >= 4 is 17.8 Å². The quantitative estimate of drug-likeness (QED) is 0.493. The summed E-state index contributed by atoms with van der Waals surface area (Å²) in [6.45, 7) is 4.32. The van der Waals surface area contributed by atoms with Gasteiger partial charge in [-0.1, -0.05) is 96.6 Å². The molecule has 0 bridgehead atoms. The molecule has 0 saturated heterocycles. The monoisotopic (exact) mass is 358 g/mol. The molecule has 0 aromatic heterocycles. The molecule has 26 heavy (non-hydrogen) atoms. The van der Waals surface area contributed by atoms with Gasteiger partial charge in [-0.3, -0.25) is 0 Å². The van der Waals surface area contributed by atoms with Crippen LogP contribution in [0.15, 0.2) is 96.6 Å². The Kier molecular flexibility index (Phi) is 4.21. The Morgan fingerprint density at radius 2 is 1.27 bits per heavy atom. The number of hydrogen-bond donors (Lipinski definition) is 0. The van der Waals surface area contributed by atoms with Crippen molar-refractivity contribution in [2.45, 2.75) is 25.4 Å². The van der Waals surface area contributed by atoms with Gasteiger partial charge in [0, 0.05) is 10.6 Å². The van der Waals surface area contributed by atoms with E-state index in [1.807, 2.05) is 66.7 Å². The maximum atomic E-state index is 15.0. The molecule has 0 unspecified atom stereocenters. The minimum Gasteiger partial charge on any atom is -0.313 e. The van der Waals surface area contributed by atoms with E-state index in [9.17, 15) is 4.57 Å². The van der Waals surface area contributed by atoms with E-state index in [1.165, 1.54) is 5.57 Å². The molecule has 0 fully saturated rings. The number of rotatable bonds is 3. The fourth-order valence-electron chi connectivity index (χ4n) is 4.38.